The summed E-state index contributed by atoms with van der Waals surface area (Å²) in [4.78, 5) is 29.0. The number of carbonyl (C=O) groups excluding carboxylic acids is 2. The summed E-state index contributed by atoms with van der Waals surface area (Å²) in [7, 11) is 0. The van der Waals surface area contributed by atoms with Gasteiger partial charge in [-0.3, -0.25) is 19.4 Å². The predicted octanol–water partition coefficient (Wildman–Crippen LogP) is 4.87. The molecule has 2 aliphatic carbocycles. The predicted molar refractivity (Wildman–Crippen MR) is 150 cm³/mol. The molecule has 38 heavy (non-hydrogen) atoms. The van der Waals surface area contributed by atoms with Gasteiger partial charge in [-0.05, 0) is 31.2 Å². The van der Waals surface area contributed by atoms with Crippen molar-refractivity contribution in [2.75, 3.05) is 52.6 Å². The number of morpholine rings is 2. The Morgan fingerprint density at radius 3 is 1.79 bits per heavy atom. The first-order chi connectivity index (χ1) is 18.7. The standard InChI is InChI=1S/C16H21NO2.C10H17NO2.C6H6/c18-15-8-4-5-9-16(15,14-6-2-1-3-7-14)17-10-12-19-13-11-17;12-10-4-2-1-3-9(10)11-5-7-13-8-6-11;1-2-4-6-5-3-1/h1-3,6-7H,4-5,8-13H2;9H,1-8H2;1-6H/t16-;9-;/m00./s1. The molecule has 6 nitrogen and oxygen atoms in total. The van der Waals surface area contributed by atoms with E-state index in [9.17, 15) is 9.59 Å². The molecule has 2 saturated heterocycles. The van der Waals surface area contributed by atoms with Crippen LogP contribution in [0.25, 0.3) is 0 Å². The Kier molecular flexibility index (Phi) is 11.5. The zero-order valence-corrected chi connectivity index (χ0v) is 22.8. The number of benzene rings is 2. The second kappa shape index (κ2) is 15.3. The monoisotopic (exact) mass is 520 g/mol. The lowest BCUT2D eigenvalue weighted by molar-refractivity contribution is -0.139. The van der Waals surface area contributed by atoms with Crippen molar-refractivity contribution >= 4 is 11.6 Å². The van der Waals surface area contributed by atoms with Crippen molar-refractivity contribution in [3.05, 3.63) is 72.3 Å². The van der Waals surface area contributed by atoms with E-state index in [4.69, 9.17) is 9.47 Å². The lowest BCUT2D eigenvalue weighted by Gasteiger charge is -2.47. The van der Waals surface area contributed by atoms with Crippen molar-refractivity contribution in [2.24, 2.45) is 0 Å². The molecule has 4 aliphatic rings. The van der Waals surface area contributed by atoms with E-state index in [0.717, 1.165) is 91.1 Å². The Labute approximate surface area is 228 Å². The molecular weight excluding hydrogens is 476 g/mol. The number of Topliss-reactive ketones (excluding diaryl/α,β-unsaturated/α-hetero) is 2. The van der Waals surface area contributed by atoms with Crippen LogP contribution in [0.3, 0.4) is 0 Å². The van der Waals surface area contributed by atoms with Gasteiger partial charge >= 0.3 is 0 Å². The Balaban J connectivity index is 0.000000152. The van der Waals surface area contributed by atoms with Gasteiger partial charge in [0.1, 0.15) is 11.3 Å². The summed E-state index contributed by atoms with van der Waals surface area (Å²) >= 11 is 0. The van der Waals surface area contributed by atoms with E-state index in [2.05, 4.69) is 21.9 Å². The molecule has 0 N–H and O–H groups in total. The molecule has 0 aromatic heterocycles. The largest absolute Gasteiger partial charge is 0.379 e. The van der Waals surface area contributed by atoms with Crippen LogP contribution in [0.15, 0.2) is 66.7 Å². The summed E-state index contributed by atoms with van der Waals surface area (Å²) in [5, 5.41) is 0. The van der Waals surface area contributed by atoms with Crippen LogP contribution in [0.2, 0.25) is 0 Å². The Morgan fingerprint density at radius 1 is 0.658 bits per heavy atom. The fourth-order valence-corrected chi connectivity index (χ4v) is 6.12. The molecule has 0 radical (unpaired) electrons. The van der Waals surface area contributed by atoms with E-state index in [1.165, 1.54) is 12.0 Å². The molecule has 0 unspecified atom stereocenters. The average molecular weight is 521 g/mol. The lowest BCUT2D eigenvalue weighted by atomic mass is 9.74. The van der Waals surface area contributed by atoms with Crippen LogP contribution in [0.5, 0.6) is 0 Å². The molecule has 2 saturated carbocycles. The summed E-state index contributed by atoms with van der Waals surface area (Å²) in [6.07, 6.45) is 8.02. The minimum absolute atomic E-state index is 0.220. The third-order valence-electron chi connectivity index (χ3n) is 8.13. The first-order valence-electron chi connectivity index (χ1n) is 14.5. The highest BCUT2D eigenvalue weighted by Crippen LogP contribution is 2.40. The fourth-order valence-electron chi connectivity index (χ4n) is 6.12. The molecule has 6 heteroatoms. The van der Waals surface area contributed by atoms with E-state index < -0.39 is 0 Å². The maximum absolute atomic E-state index is 12.7. The molecule has 0 spiro atoms. The highest BCUT2D eigenvalue weighted by Gasteiger charge is 2.46. The summed E-state index contributed by atoms with van der Waals surface area (Å²) in [5.74, 6) is 0.847. The zero-order chi connectivity index (χ0) is 26.5. The second-order valence-electron chi connectivity index (χ2n) is 10.5. The van der Waals surface area contributed by atoms with Crippen LogP contribution in [-0.2, 0) is 24.6 Å². The minimum Gasteiger partial charge on any atom is -0.379 e. The molecule has 0 amide bonds. The number of nitrogens with zero attached hydrogens (tertiary/aromatic N) is 2. The van der Waals surface area contributed by atoms with Crippen molar-refractivity contribution in [1.29, 1.82) is 0 Å². The lowest BCUT2D eigenvalue weighted by Crippen LogP contribution is -2.57. The van der Waals surface area contributed by atoms with E-state index >= 15 is 0 Å². The number of carbonyl (C=O) groups is 2. The fraction of sp³-hybridized carbons (Fsp3) is 0.562. The Bertz CT molecular complexity index is 931. The van der Waals surface area contributed by atoms with E-state index in [1.54, 1.807) is 0 Å². The highest BCUT2D eigenvalue weighted by atomic mass is 16.5. The third-order valence-corrected chi connectivity index (χ3v) is 8.13. The minimum atomic E-state index is -0.386. The van der Waals surface area contributed by atoms with Gasteiger partial charge in [-0.1, -0.05) is 79.6 Å². The Morgan fingerprint density at radius 2 is 1.21 bits per heavy atom. The van der Waals surface area contributed by atoms with Crippen LogP contribution in [0, 0.1) is 0 Å². The maximum atomic E-state index is 12.7. The van der Waals surface area contributed by atoms with E-state index in [-0.39, 0.29) is 11.6 Å². The molecule has 4 fully saturated rings. The number of ketones is 2. The van der Waals surface area contributed by atoms with Crippen LogP contribution in [0.4, 0.5) is 0 Å². The molecule has 2 heterocycles. The third kappa shape index (κ3) is 7.60. The smallest absolute Gasteiger partial charge is 0.157 e. The average Bonchev–Trinajstić information content (AvgIpc) is 3.01. The van der Waals surface area contributed by atoms with Gasteiger partial charge < -0.3 is 9.47 Å². The van der Waals surface area contributed by atoms with Gasteiger partial charge in [-0.2, -0.15) is 0 Å². The van der Waals surface area contributed by atoms with Crippen LogP contribution in [-0.4, -0.2) is 80.0 Å². The number of hydrogen-bond acceptors (Lipinski definition) is 6. The summed E-state index contributed by atoms with van der Waals surface area (Å²) in [6.45, 7) is 6.67. The zero-order valence-electron chi connectivity index (χ0n) is 22.8. The first kappa shape index (κ1) is 28.6. The maximum Gasteiger partial charge on any atom is 0.157 e. The van der Waals surface area contributed by atoms with Crippen molar-refractivity contribution in [3.63, 3.8) is 0 Å². The Hall–Kier alpha value is -2.38. The molecule has 2 aliphatic heterocycles. The van der Waals surface area contributed by atoms with Crippen molar-refractivity contribution < 1.29 is 19.1 Å². The van der Waals surface area contributed by atoms with Gasteiger partial charge in [-0.15, -0.1) is 0 Å². The second-order valence-corrected chi connectivity index (χ2v) is 10.5. The molecule has 206 valence electrons. The normalized spacial score (nSPS) is 26.9. The quantitative estimate of drug-likeness (QED) is 0.575. The molecule has 2 aromatic carbocycles. The van der Waals surface area contributed by atoms with Gasteiger partial charge in [0, 0.05) is 39.0 Å². The SMILES string of the molecule is O=C1CCCC[C@@H]1N1CCOCC1.O=C1CCCC[C@@]1(c1ccccc1)N1CCOCC1.c1ccccc1. The van der Waals surface area contributed by atoms with E-state index in [0.29, 0.717) is 18.0 Å². The van der Waals surface area contributed by atoms with Crippen LogP contribution < -0.4 is 0 Å². The van der Waals surface area contributed by atoms with Gasteiger partial charge in [0.2, 0.25) is 0 Å². The number of rotatable bonds is 3. The molecule has 2 atom stereocenters. The molecule has 2 aromatic rings. The van der Waals surface area contributed by atoms with Crippen molar-refractivity contribution in [1.82, 2.24) is 9.80 Å². The van der Waals surface area contributed by atoms with Gasteiger partial charge in [0.25, 0.3) is 0 Å². The summed E-state index contributed by atoms with van der Waals surface area (Å²) in [5.41, 5.74) is 0.783. The topological polar surface area (TPSA) is 59.1 Å². The highest BCUT2D eigenvalue weighted by molar-refractivity contribution is 5.90. The number of hydrogen-bond donors (Lipinski definition) is 0. The van der Waals surface area contributed by atoms with Crippen LogP contribution >= 0.6 is 0 Å². The molecular formula is C32H44N2O4. The number of ether oxygens (including phenoxy) is 2. The summed E-state index contributed by atoms with van der Waals surface area (Å²) in [6, 6.07) is 22.5. The van der Waals surface area contributed by atoms with Crippen LogP contribution in [0.1, 0.15) is 56.9 Å². The first-order valence-corrected chi connectivity index (χ1v) is 14.5. The summed E-state index contributed by atoms with van der Waals surface area (Å²) < 4.78 is 10.7. The van der Waals surface area contributed by atoms with Crippen molar-refractivity contribution in [2.45, 2.75) is 62.9 Å². The molecule has 0 bridgehead atoms. The molecule has 6 rings (SSSR count). The van der Waals surface area contributed by atoms with E-state index in [1.807, 2.05) is 54.6 Å². The van der Waals surface area contributed by atoms with Crippen molar-refractivity contribution in [3.8, 4) is 0 Å². The van der Waals surface area contributed by atoms with Gasteiger partial charge in [0.15, 0.2) is 5.78 Å². The van der Waals surface area contributed by atoms with Gasteiger partial charge in [0.05, 0.1) is 32.5 Å². The van der Waals surface area contributed by atoms with Gasteiger partial charge in [-0.25, -0.2) is 0 Å².